The van der Waals surface area contributed by atoms with Gasteiger partial charge >= 0.3 is 0 Å². The molecule has 1 N–H and O–H groups in total. The van der Waals surface area contributed by atoms with Gasteiger partial charge in [-0.2, -0.15) is 0 Å². The van der Waals surface area contributed by atoms with E-state index in [4.69, 9.17) is 0 Å². The van der Waals surface area contributed by atoms with Crippen molar-refractivity contribution >= 4 is 30.1 Å². The Morgan fingerprint density at radius 2 is 1.93 bits per heavy atom. The van der Waals surface area contributed by atoms with E-state index in [1.54, 1.807) is 0 Å². The Kier molecular flexibility index (Phi) is 2.80. The molecule has 1 aromatic carbocycles. The summed E-state index contributed by atoms with van der Waals surface area (Å²) in [5.41, 5.74) is 2.34. The highest BCUT2D eigenvalue weighted by Crippen LogP contribution is 2.24. The third kappa shape index (κ3) is 2.31. The molecule has 72 valence electrons. The third-order valence-corrected chi connectivity index (χ3v) is 4.95. The van der Waals surface area contributed by atoms with Crippen LogP contribution in [0.15, 0.2) is 30.8 Å². The van der Waals surface area contributed by atoms with Crippen LogP contribution in [0.2, 0.25) is 0 Å². The highest BCUT2D eigenvalue weighted by molar-refractivity contribution is 8.31. The van der Waals surface area contributed by atoms with Crippen LogP contribution < -0.4 is 5.10 Å². The molecule has 2 nitrogen and oxygen atoms in total. The SMILES string of the molecule is C=Cc1ccc(C=[NH+]N2P=S2C)cc1. The molecular formula is C10H12N2PS+. The molecule has 14 heavy (non-hydrogen) atoms. The molecule has 1 aromatic rings. The molecule has 0 radical (unpaired) electrons. The molecule has 0 aliphatic carbocycles. The van der Waals surface area contributed by atoms with E-state index in [0.29, 0.717) is 10.3 Å². The quantitative estimate of drug-likeness (QED) is 0.597. The first-order valence-corrected chi connectivity index (χ1v) is 7.33. The zero-order valence-corrected chi connectivity index (χ0v) is 9.68. The fourth-order valence-electron chi connectivity index (χ4n) is 1.05. The molecule has 1 aliphatic heterocycles. The molecule has 1 heterocycles. The zero-order valence-electron chi connectivity index (χ0n) is 7.97. The Morgan fingerprint density at radius 3 is 2.43 bits per heavy atom. The second kappa shape index (κ2) is 4.07. The third-order valence-electron chi connectivity index (χ3n) is 1.93. The Hall–Kier alpha value is -0.920. The maximum absolute atomic E-state index is 3.72. The van der Waals surface area contributed by atoms with Gasteiger partial charge in [0.1, 0.15) is 0 Å². The van der Waals surface area contributed by atoms with Gasteiger partial charge in [-0.1, -0.05) is 29.0 Å². The summed E-state index contributed by atoms with van der Waals surface area (Å²) in [5, 5.41) is 3.24. The van der Waals surface area contributed by atoms with Crippen molar-refractivity contribution in [3.63, 3.8) is 0 Å². The van der Waals surface area contributed by atoms with Crippen LogP contribution in [0, 0.1) is 0 Å². The highest BCUT2D eigenvalue weighted by atomic mass is 32.6. The van der Waals surface area contributed by atoms with E-state index in [0.717, 1.165) is 5.56 Å². The van der Waals surface area contributed by atoms with Crippen LogP contribution in [0.25, 0.3) is 6.08 Å². The number of hydrazone groups is 1. The van der Waals surface area contributed by atoms with Crippen molar-refractivity contribution in [3.8, 4) is 0 Å². The number of nitrogens with zero attached hydrogens (tertiary/aromatic N) is 1. The fraction of sp³-hybridized carbons (Fsp3) is 0.100. The van der Waals surface area contributed by atoms with Gasteiger partial charge in [0, 0.05) is 22.1 Å². The predicted molar refractivity (Wildman–Crippen MR) is 64.7 cm³/mol. The summed E-state index contributed by atoms with van der Waals surface area (Å²) in [5.74, 6) is 0. The minimum absolute atomic E-state index is 0.418. The topological polar surface area (TPSA) is 17.0 Å². The van der Waals surface area contributed by atoms with Crippen LogP contribution in [0.4, 0.5) is 0 Å². The summed E-state index contributed by atoms with van der Waals surface area (Å²) in [6.45, 7) is 3.72. The maximum atomic E-state index is 3.72. The van der Waals surface area contributed by atoms with Crippen LogP contribution in [-0.2, 0) is 10.3 Å². The first-order valence-electron chi connectivity index (χ1n) is 4.29. The molecule has 0 saturated carbocycles. The predicted octanol–water partition coefficient (Wildman–Crippen LogP) is 0.999. The first kappa shape index (κ1) is 9.63. The Balaban J connectivity index is 2.03. The largest absolute Gasteiger partial charge is 0.199 e. The average molecular weight is 223 g/mol. The molecule has 2 rings (SSSR count). The maximum Gasteiger partial charge on any atom is 0.199 e. The molecule has 1 atom stereocenters. The number of benzene rings is 1. The monoisotopic (exact) mass is 223 g/mol. The van der Waals surface area contributed by atoms with E-state index in [9.17, 15) is 0 Å². The lowest BCUT2D eigenvalue weighted by atomic mass is 10.1. The first-order chi connectivity index (χ1) is 6.79. The van der Waals surface area contributed by atoms with Gasteiger partial charge in [0.05, 0.1) is 0 Å². The Morgan fingerprint density at radius 1 is 1.36 bits per heavy atom. The Labute approximate surface area is 87.9 Å². The van der Waals surface area contributed by atoms with E-state index < -0.39 is 0 Å². The van der Waals surface area contributed by atoms with Gasteiger partial charge in [0.2, 0.25) is 0 Å². The molecule has 0 bridgehead atoms. The van der Waals surface area contributed by atoms with Crippen LogP contribution in [0.3, 0.4) is 0 Å². The standard InChI is InChI=1S/C10H11N2PS/c1-3-9-4-6-10(7-5-9)8-11-12-13-14(12)2/h3-8H,1H2,2H3/p+1. The molecule has 0 fully saturated rings. The highest BCUT2D eigenvalue weighted by Gasteiger charge is 2.19. The lowest BCUT2D eigenvalue weighted by molar-refractivity contribution is -0.558. The number of hydrazine groups is 1. The summed E-state index contributed by atoms with van der Waals surface area (Å²) < 4.78 is 2.18. The van der Waals surface area contributed by atoms with E-state index >= 15 is 0 Å². The van der Waals surface area contributed by atoms with Crippen LogP contribution >= 0.6 is 7.51 Å². The van der Waals surface area contributed by atoms with Crippen molar-refractivity contribution in [1.29, 1.82) is 0 Å². The summed E-state index contributed by atoms with van der Waals surface area (Å²) in [7, 11) is 1.80. The van der Waals surface area contributed by atoms with Crippen LogP contribution in [0.1, 0.15) is 11.1 Å². The van der Waals surface area contributed by atoms with E-state index in [2.05, 4.69) is 46.4 Å². The van der Waals surface area contributed by atoms with Gasteiger partial charge in [-0.15, -0.1) is 5.10 Å². The molecule has 0 amide bonds. The fourth-order valence-corrected chi connectivity index (χ4v) is 2.98. The molecule has 0 saturated heterocycles. The van der Waals surface area contributed by atoms with Crippen molar-refractivity contribution in [2.75, 3.05) is 6.26 Å². The van der Waals surface area contributed by atoms with E-state index in [1.165, 1.54) is 13.1 Å². The van der Waals surface area contributed by atoms with Gasteiger partial charge in [-0.25, -0.2) is 0 Å². The van der Waals surface area contributed by atoms with Crippen LogP contribution in [-0.4, -0.2) is 16.7 Å². The number of rotatable bonds is 3. The molecule has 0 spiro atoms. The second-order valence-electron chi connectivity index (χ2n) is 2.95. The normalized spacial score (nSPS) is 20.6. The Bertz CT molecular complexity index is 409. The average Bonchev–Trinajstić information content (AvgIpc) is 2.92. The minimum Gasteiger partial charge on any atom is -0.116 e. The van der Waals surface area contributed by atoms with Crippen molar-refractivity contribution < 1.29 is 5.10 Å². The summed E-state index contributed by atoms with van der Waals surface area (Å²) in [6.07, 6.45) is 6.09. The van der Waals surface area contributed by atoms with E-state index in [1.807, 2.05) is 12.3 Å². The van der Waals surface area contributed by atoms with Crippen molar-refractivity contribution in [2.45, 2.75) is 0 Å². The second-order valence-corrected chi connectivity index (χ2v) is 7.11. The summed E-state index contributed by atoms with van der Waals surface area (Å²) in [4.78, 5) is 0. The van der Waals surface area contributed by atoms with Crippen molar-refractivity contribution in [3.05, 3.63) is 42.0 Å². The molecule has 0 aromatic heterocycles. The number of nitrogens with one attached hydrogen (secondary N) is 1. The number of hydrogen-bond acceptors (Lipinski definition) is 1. The minimum atomic E-state index is 0.418. The van der Waals surface area contributed by atoms with Crippen molar-refractivity contribution in [2.24, 2.45) is 0 Å². The smallest absolute Gasteiger partial charge is 0.116 e. The summed E-state index contributed by atoms with van der Waals surface area (Å²) >= 11 is 0. The van der Waals surface area contributed by atoms with Crippen LogP contribution in [0.5, 0.6) is 0 Å². The summed E-state index contributed by atoms with van der Waals surface area (Å²) in [6, 6.07) is 8.29. The molecule has 1 aliphatic rings. The van der Waals surface area contributed by atoms with Crippen molar-refractivity contribution in [1.82, 2.24) is 4.18 Å². The van der Waals surface area contributed by atoms with Gasteiger partial charge in [-0.05, 0) is 17.7 Å². The lowest BCUT2D eigenvalue weighted by Gasteiger charge is -1.92. The molecule has 1 unspecified atom stereocenters. The number of hydrogen-bond donors (Lipinski definition) is 1. The molecule has 4 heteroatoms. The zero-order chi connectivity index (χ0) is 9.97. The lowest BCUT2D eigenvalue weighted by Crippen LogP contribution is -2.74. The van der Waals surface area contributed by atoms with Gasteiger partial charge in [0.15, 0.2) is 13.7 Å². The molecular weight excluding hydrogens is 211 g/mol. The van der Waals surface area contributed by atoms with Gasteiger partial charge in [0.25, 0.3) is 0 Å². The van der Waals surface area contributed by atoms with E-state index in [-0.39, 0.29) is 0 Å². The van der Waals surface area contributed by atoms with Gasteiger partial charge < -0.3 is 0 Å². The van der Waals surface area contributed by atoms with Gasteiger partial charge in [-0.3, -0.25) is 0 Å².